The maximum Gasteiger partial charge on any atom is 0.226 e. The lowest BCUT2D eigenvalue weighted by molar-refractivity contribution is -0.118. The Kier molecular flexibility index (Phi) is 3.80. The summed E-state index contributed by atoms with van der Waals surface area (Å²) < 4.78 is 13.2. The second-order valence-electron chi connectivity index (χ2n) is 4.69. The topological polar surface area (TPSA) is 55.1 Å². The molecule has 1 amide bonds. The Morgan fingerprint density at radius 3 is 2.39 bits per heavy atom. The molecule has 6 heteroatoms. The van der Waals surface area contributed by atoms with Crippen LogP contribution < -0.4 is 11.1 Å². The van der Waals surface area contributed by atoms with E-state index in [1.54, 1.807) is 0 Å². The van der Waals surface area contributed by atoms with Crippen LogP contribution >= 0.6 is 23.2 Å². The third-order valence-corrected chi connectivity index (χ3v) is 3.68. The number of benzene rings is 1. The third-order valence-electron chi connectivity index (χ3n) is 3.13. The summed E-state index contributed by atoms with van der Waals surface area (Å²) >= 11 is 11.3. The van der Waals surface area contributed by atoms with Crippen molar-refractivity contribution in [1.82, 2.24) is 0 Å². The number of rotatable bonds is 3. The van der Waals surface area contributed by atoms with Gasteiger partial charge in [0.15, 0.2) is 5.82 Å². The van der Waals surface area contributed by atoms with Crippen LogP contribution in [0, 0.1) is 5.82 Å². The molecule has 0 aromatic heterocycles. The Hall–Kier alpha value is -0.840. The molecular weight excluding hydrogens is 278 g/mol. The van der Waals surface area contributed by atoms with Crippen LogP contribution in [-0.4, -0.2) is 11.4 Å². The van der Waals surface area contributed by atoms with Crippen molar-refractivity contribution in [3.05, 3.63) is 28.0 Å². The number of hydrogen-bond acceptors (Lipinski definition) is 2. The molecule has 98 valence electrons. The van der Waals surface area contributed by atoms with Crippen LogP contribution in [0.5, 0.6) is 0 Å². The van der Waals surface area contributed by atoms with E-state index < -0.39 is 11.4 Å². The zero-order chi connectivity index (χ0) is 13.3. The average molecular weight is 291 g/mol. The molecule has 1 saturated carbocycles. The Bertz CT molecular complexity index is 466. The zero-order valence-corrected chi connectivity index (χ0v) is 11.1. The zero-order valence-electron chi connectivity index (χ0n) is 9.60. The van der Waals surface area contributed by atoms with Gasteiger partial charge < -0.3 is 11.1 Å². The number of anilines is 1. The van der Waals surface area contributed by atoms with Crippen molar-refractivity contribution in [1.29, 1.82) is 0 Å². The van der Waals surface area contributed by atoms with E-state index in [2.05, 4.69) is 5.32 Å². The quantitative estimate of drug-likeness (QED) is 0.839. The highest BCUT2D eigenvalue weighted by Crippen LogP contribution is 2.33. The average Bonchev–Trinajstić information content (AvgIpc) is 2.23. The largest absolute Gasteiger partial charge is 0.326 e. The summed E-state index contributed by atoms with van der Waals surface area (Å²) in [5.74, 6) is -0.901. The number of nitrogens with two attached hydrogens (primary N) is 1. The van der Waals surface area contributed by atoms with Gasteiger partial charge in [-0.1, -0.05) is 23.2 Å². The van der Waals surface area contributed by atoms with E-state index in [1.807, 2.05) is 0 Å². The number of halogens is 3. The molecule has 18 heavy (non-hydrogen) atoms. The van der Waals surface area contributed by atoms with Crippen molar-refractivity contribution >= 4 is 34.8 Å². The standard InChI is InChI=1S/C12H13Cl2FN2O/c13-8-4-7(5-9(14)11(8)15)17-10(18)6-12(16)2-1-3-12/h4-5H,1-3,6,16H2,(H,17,18). The lowest BCUT2D eigenvalue weighted by Gasteiger charge is -2.37. The van der Waals surface area contributed by atoms with Gasteiger partial charge in [0.1, 0.15) is 0 Å². The van der Waals surface area contributed by atoms with Crippen molar-refractivity contribution in [3.8, 4) is 0 Å². The first-order valence-corrected chi connectivity index (χ1v) is 6.38. The highest BCUT2D eigenvalue weighted by atomic mass is 35.5. The van der Waals surface area contributed by atoms with Gasteiger partial charge in [-0.25, -0.2) is 4.39 Å². The fourth-order valence-electron chi connectivity index (χ4n) is 1.96. The van der Waals surface area contributed by atoms with Gasteiger partial charge in [-0.2, -0.15) is 0 Å². The van der Waals surface area contributed by atoms with E-state index >= 15 is 0 Å². The summed E-state index contributed by atoms with van der Waals surface area (Å²) in [7, 11) is 0. The summed E-state index contributed by atoms with van der Waals surface area (Å²) in [6.07, 6.45) is 3.01. The van der Waals surface area contributed by atoms with Gasteiger partial charge in [0.05, 0.1) is 10.0 Å². The van der Waals surface area contributed by atoms with Crippen LogP contribution in [-0.2, 0) is 4.79 Å². The molecule has 0 aliphatic heterocycles. The maximum absolute atomic E-state index is 13.2. The molecule has 0 radical (unpaired) electrons. The minimum absolute atomic E-state index is 0.121. The lowest BCUT2D eigenvalue weighted by atomic mass is 9.75. The van der Waals surface area contributed by atoms with Crippen molar-refractivity contribution in [2.75, 3.05) is 5.32 Å². The lowest BCUT2D eigenvalue weighted by Crippen LogP contribution is -2.48. The summed E-state index contributed by atoms with van der Waals surface area (Å²) in [6.45, 7) is 0. The Morgan fingerprint density at radius 1 is 1.39 bits per heavy atom. The summed E-state index contributed by atoms with van der Waals surface area (Å²) in [5.41, 5.74) is 5.95. The molecule has 1 aliphatic rings. The minimum atomic E-state index is -0.689. The predicted octanol–water partition coefficient (Wildman–Crippen LogP) is 3.34. The Labute approximate surface area is 114 Å². The van der Waals surface area contributed by atoms with Gasteiger partial charge in [0, 0.05) is 17.6 Å². The molecule has 0 saturated heterocycles. The number of amides is 1. The fourth-order valence-corrected chi connectivity index (χ4v) is 2.45. The van der Waals surface area contributed by atoms with Gasteiger partial charge >= 0.3 is 0 Å². The highest BCUT2D eigenvalue weighted by Gasteiger charge is 2.34. The van der Waals surface area contributed by atoms with Crippen LogP contribution in [0.15, 0.2) is 12.1 Å². The van der Waals surface area contributed by atoms with Crippen LogP contribution in [0.1, 0.15) is 25.7 Å². The first-order chi connectivity index (χ1) is 8.39. The van der Waals surface area contributed by atoms with Gasteiger partial charge in [-0.05, 0) is 31.4 Å². The van der Waals surface area contributed by atoms with E-state index in [0.29, 0.717) is 5.69 Å². The highest BCUT2D eigenvalue weighted by molar-refractivity contribution is 6.35. The fraction of sp³-hybridized carbons (Fsp3) is 0.417. The molecule has 1 aromatic rings. The Balaban J connectivity index is 2.03. The van der Waals surface area contributed by atoms with Crippen molar-refractivity contribution in [3.63, 3.8) is 0 Å². The number of nitrogens with one attached hydrogen (secondary N) is 1. The van der Waals surface area contributed by atoms with Gasteiger partial charge in [-0.3, -0.25) is 4.79 Å². The molecule has 1 aromatic carbocycles. The second-order valence-corrected chi connectivity index (χ2v) is 5.51. The van der Waals surface area contributed by atoms with Crippen molar-refractivity contribution in [2.24, 2.45) is 5.73 Å². The second kappa shape index (κ2) is 5.03. The molecule has 0 atom stereocenters. The van der Waals surface area contributed by atoms with E-state index in [0.717, 1.165) is 19.3 Å². The van der Waals surface area contributed by atoms with Crippen LogP contribution in [0.25, 0.3) is 0 Å². The monoisotopic (exact) mass is 290 g/mol. The first-order valence-electron chi connectivity index (χ1n) is 5.63. The van der Waals surface area contributed by atoms with Crippen LogP contribution in [0.4, 0.5) is 10.1 Å². The molecule has 0 bridgehead atoms. The van der Waals surface area contributed by atoms with Crippen molar-refractivity contribution < 1.29 is 9.18 Å². The summed E-state index contributed by atoms with van der Waals surface area (Å²) in [4.78, 5) is 11.8. The minimum Gasteiger partial charge on any atom is -0.326 e. The van der Waals surface area contributed by atoms with Crippen molar-refractivity contribution in [2.45, 2.75) is 31.2 Å². The molecule has 0 heterocycles. The molecule has 1 fully saturated rings. The molecule has 0 spiro atoms. The number of hydrogen-bond donors (Lipinski definition) is 2. The van der Waals surface area contributed by atoms with E-state index in [1.165, 1.54) is 12.1 Å². The van der Waals surface area contributed by atoms with E-state index in [9.17, 15) is 9.18 Å². The maximum atomic E-state index is 13.2. The van der Waals surface area contributed by atoms with E-state index in [4.69, 9.17) is 28.9 Å². The molecule has 3 nitrogen and oxygen atoms in total. The molecule has 2 rings (SSSR count). The van der Waals surface area contributed by atoms with Gasteiger partial charge in [0.25, 0.3) is 0 Å². The smallest absolute Gasteiger partial charge is 0.226 e. The third kappa shape index (κ3) is 2.94. The normalized spacial score (nSPS) is 17.1. The summed E-state index contributed by atoms with van der Waals surface area (Å²) in [5, 5.41) is 2.38. The van der Waals surface area contributed by atoms with Crippen LogP contribution in [0.3, 0.4) is 0 Å². The number of carbonyl (C=O) groups is 1. The van der Waals surface area contributed by atoms with Gasteiger partial charge in [-0.15, -0.1) is 0 Å². The number of carbonyl (C=O) groups excluding carboxylic acids is 1. The van der Waals surface area contributed by atoms with Crippen LogP contribution in [0.2, 0.25) is 10.0 Å². The first kappa shape index (κ1) is 13.6. The molecule has 1 aliphatic carbocycles. The van der Waals surface area contributed by atoms with E-state index in [-0.39, 0.29) is 22.4 Å². The predicted molar refractivity (Wildman–Crippen MR) is 70.4 cm³/mol. The SMILES string of the molecule is NC1(CC(=O)Nc2cc(Cl)c(F)c(Cl)c2)CCC1. The Morgan fingerprint density at radius 2 is 1.94 bits per heavy atom. The summed E-state index contributed by atoms with van der Waals surface area (Å²) in [6, 6.07) is 2.65. The molecule has 0 unspecified atom stereocenters. The van der Waals surface area contributed by atoms with Gasteiger partial charge in [0.2, 0.25) is 5.91 Å². The molecular formula is C12H13Cl2FN2O. The molecule has 3 N–H and O–H groups in total.